The Morgan fingerprint density at radius 3 is 2.61 bits per heavy atom. The lowest BCUT2D eigenvalue weighted by molar-refractivity contribution is -0.110. The lowest BCUT2D eigenvalue weighted by Crippen LogP contribution is -2.03. The maximum absolute atomic E-state index is 14.6. The van der Waals surface area contributed by atoms with Crippen molar-refractivity contribution in [2.45, 2.75) is 0 Å². The monoisotopic (exact) mass is 307 g/mol. The molecule has 3 aliphatic rings. The Labute approximate surface area is 131 Å². The normalized spacial score (nSPS) is 15.0. The second-order valence-electron chi connectivity index (χ2n) is 5.40. The summed E-state index contributed by atoms with van der Waals surface area (Å²) in [6, 6.07) is 14.6. The van der Waals surface area contributed by atoms with E-state index < -0.39 is 5.82 Å². The molecule has 4 heteroatoms. The van der Waals surface area contributed by atoms with E-state index in [-0.39, 0.29) is 17.3 Å². The summed E-state index contributed by atoms with van der Waals surface area (Å²) in [5.41, 5.74) is 2.79. The highest BCUT2D eigenvalue weighted by molar-refractivity contribution is 6.35. The molecule has 112 valence electrons. The van der Waals surface area contributed by atoms with Gasteiger partial charge in [0.15, 0.2) is 0 Å². The minimum absolute atomic E-state index is 0.262. The second kappa shape index (κ2) is 5.02. The van der Waals surface area contributed by atoms with Crippen molar-refractivity contribution in [1.29, 1.82) is 0 Å². The molecule has 1 amide bonds. The minimum Gasteiger partial charge on any atom is -0.321 e. The highest BCUT2D eigenvalue weighted by Crippen LogP contribution is 2.36. The van der Waals surface area contributed by atoms with Crippen molar-refractivity contribution < 1.29 is 13.6 Å². The molecule has 1 heterocycles. The molecule has 23 heavy (non-hydrogen) atoms. The van der Waals surface area contributed by atoms with Crippen molar-refractivity contribution in [3.63, 3.8) is 0 Å². The van der Waals surface area contributed by atoms with Crippen LogP contribution in [0.5, 0.6) is 0 Å². The molecule has 0 unspecified atom stereocenters. The zero-order valence-electron chi connectivity index (χ0n) is 11.9. The van der Waals surface area contributed by atoms with Crippen LogP contribution in [0.2, 0.25) is 0 Å². The Balaban J connectivity index is 1.90. The Morgan fingerprint density at radius 2 is 1.74 bits per heavy atom. The summed E-state index contributed by atoms with van der Waals surface area (Å²) in [6.45, 7) is 0. The predicted molar refractivity (Wildman–Crippen MR) is 85.9 cm³/mol. The zero-order chi connectivity index (χ0) is 16.0. The Morgan fingerprint density at radius 1 is 0.913 bits per heavy atom. The van der Waals surface area contributed by atoms with Crippen molar-refractivity contribution >= 4 is 23.2 Å². The minimum atomic E-state index is -0.439. The van der Waals surface area contributed by atoms with Crippen LogP contribution < -0.4 is 5.32 Å². The molecule has 0 aromatic heterocycles. The second-order valence-corrected chi connectivity index (χ2v) is 5.40. The lowest BCUT2D eigenvalue weighted by atomic mass is 10.0. The molecular formula is C19H11F2NO. The van der Waals surface area contributed by atoms with Gasteiger partial charge in [0.1, 0.15) is 11.6 Å². The summed E-state index contributed by atoms with van der Waals surface area (Å²) in [5, 5.41) is 2.66. The number of nitrogens with one attached hydrogen (secondary N) is 1. The highest BCUT2D eigenvalue weighted by Gasteiger charge is 2.25. The fraction of sp³-hybridized carbons (Fsp3) is 0. The SMILES string of the molecule is O=C1Nc2ccc(F)cc2/C1=C/c1cc2cccccc-2c1F. The third-order valence-electron chi connectivity index (χ3n) is 3.94. The van der Waals surface area contributed by atoms with Gasteiger partial charge in [0.2, 0.25) is 0 Å². The Hall–Kier alpha value is -3.01. The number of benzene rings is 1. The molecule has 2 aliphatic carbocycles. The van der Waals surface area contributed by atoms with E-state index in [1.165, 1.54) is 24.3 Å². The van der Waals surface area contributed by atoms with E-state index in [1.807, 2.05) is 18.2 Å². The smallest absolute Gasteiger partial charge is 0.256 e. The number of fused-ring (bicyclic) bond motifs is 2. The molecular weight excluding hydrogens is 296 g/mol. The molecule has 2 nitrogen and oxygen atoms in total. The van der Waals surface area contributed by atoms with Crippen LogP contribution in [-0.4, -0.2) is 5.91 Å². The highest BCUT2D eigenvalue weighted by atomic mass is 19.1. The van der Waals surface area contributed by atoms with Gasteiger partial charge in [-0.25, -0.2) is 8.78 Å². The number of halogens is 2. The van der Waals surface area contributed by atoms with Crippen LogP contribution in [0.4, 0.5) is 14.5 Å². The zero-order valence-corrected chi connectivity index (χ0v) is 11.9. The van der Waals surface area contributed by atoms with Crippen molar-refractivity contribution in [1.82, 2.24) is 0 Å². The van der Waals surface area contributed by atoms with Gasteiger partial charge in [-0.2, -0.15) is 0 Å². The molecule has 0 fully saturated rings. The van der Waals surface area contributed by atoms with E-state index in [0.717, 1.165) is 5.56 Å². The van der Waals surface area contributed by atoms with Crippen molar-refractivity contribution in [3.8, 4) is 11.1 Å². The molecule has 4 rings (SSSR count). The van der Waals surface area contributed by atoms with Gasteiger partial charge in [-0.15, -0.1) is 0 Å². The van der Waals surface area contributed by atoms with Crippen LogP contribution >= 0.6 is 0 Å². The van der Waals surface area contributed by atoms with E-state index in [2.05, 4.69) is 5.32 Å². The molecule has 0 saturated carbocycles. The maximum atomic E-state index is 14.6. The van der Waals surface area contributed by atoms with Gasteiger partial charge in [-0.1, -0.05) is 30.3 Å². The van der Waals surface area contributed by atoms with E-state index in [0.29, 0.717) is 22.4 Å². The summed E-state index contributed by atoms with van der Waals surface area (Å²) < 4.78 is 28.0. The number of hydrogen-bond acceptors (Lipinski definition) is 1. The third-order valence-corrected chi connectivity index (χ3v) is 3.94. The van der Waals surface area contributed by atoms with E-state index >= 15 is 0 Å². The average molecular weight is 307 g/mol. The standard InChI is InChI=1S/C19H11F2NO/c20-13-6-7-17-15(10-13)16(19(23)22-17)9-12-8-11-4-2-1-3-5-14(11)18(12)21/h1-10H,(H,22,23)/b16-9-. The summed E-state index contributed by atoms with van der Waals surface area (Å²) in [7, 11) is 0. The average Bonchev–Trinajstić information content (AvgIpc) is 2.87. The van der Waals surface area contributed by atoms with Gasteiger partial charge in [-0.05, 0) is 35.9 Å². The fourth-order valence-corrected chi connectivity index (χ4v) is 2.84. The maximum Gasteiger partial charge on any atom is 0.256 e. The van der Waals surface area contributed by atoms with Crippen molar-refractivity contribution in [2.24, 2.45) is 0 Å². The summed E-state index contributed by atoms with van der Waals surface area (Å²) in [4.78, 5) is 12.1. The fourth-order valence-electron chi connectivity index (χ4n) is 2.84. The van der Waals surface area contributed by atoms with Gasteiger partial charge < -0.3 is 5.32 Å². The Kier molecular flexibility index (Phi) is 2.98. The number of rotatable bonds is 1. The van der Waals surface area contributed by atoms with Gasteiger partial charge >= 0.3 is 0 Å². The van der Waals surface area contributed by atoms with Gasteiger partial charge in [0.25, 0.3) is 5.91 Å². The number of amides is 1. The summed E-state index contributed by atoms with van der Waals surface area (Å²) in [5.74, 6) is -1.19. The molecule has 1 N–H and O–H groups in total. The molecule has 1 aromatic carbocycles. The first-order valence-corrected chi connectivity index (χ1v) is 7.14. The third kappa shape index (κ3) is 2.19. The van der Waals surface area contributed by atoms with Crippen molar-refractivity contribution in [2.75, 3.05) is 5.32 Å². The first-order valence-electron chi connectivity index (χ1n) is 7.14. The molecule has 0 radical (unpaired) electrons. The summed E-state index contributed by atoms with van der Waals surface area (Å²) >= 11 is 0. The molecule has 1 aromatic rings. The lowest BCUT2D eigenvalue weighted by Gasteiger charge is -1.98. The van der Waals surface area contributed by atoms with Crippen LogP contribution in [0, 0.1) is 11.6 Å². The van der Waals surface area contributed by atoms with E-state index in [4.69, 9.17) is 0 Å². The van der Waals surface area contributed by atoms with Crippen LogP contribution in [0.25, 0.3) is 22.8 Å². The van der Waals surface area contributed by atoms with Crippen LogP contribution in [-0.2, 0) is 4.79 Å². The first kappa shape index (κ1) is 13.6. The number of carbonyl (C=O) groups excluding carboxylic acids is 1. The van der Waals surface area contributed by atoms with Gasteiger partial charge in [0, 0.05) is 28.0 Å². The van der Waals surface area contributed by atoms with E-state index in [1.54, 1.807) is 18.2 Å². The predicted octanol–water partition coefficient (Wildman–Crippen LogP) is 4.56. The number of anilines is 1. The topological polar surface area (TPSA) is 29.1 Å². The molecule has 0 bridgehead atoms. The van der Waals surface area contributed by atoms with E-state index in [9.17, 15) is 13.6 Å². The first-order chi connectivity index (χ1) is 11.1. The van der Waals surface area contributed by atoms with Gasteiger partial charge in [-0.3, -0.25) is 4.79 Å². The number of hydrogen-bond donors (Lipinski definition) is 1. The van der Waals surface area contributed by atoms with Gasteiger partial charge in [0.05, 0.1) is 0 Å². The van der Waals surface area contributed by atoms with Crippen molar-refractivity contribution in [3.05, 3.63) is 77.4 Å². The molecule has 1 aliphatic heterocycles. The molecule has 0 atom stereocenters. The number of carbonyl (C=O) groups is 1. The van der Waals surface area contributed by atoms with Crippen LogP contribution in [0.1, 0.15) is 11.1 Å². The molecule has 0 saturated heterocycles. The quantitative estimate of drug-likeness (QED) is 0.656. The largest absolute Gasteiger partial charge is 0.321 e. The van der Waals surface area contributed by atoms with Crippen LogP contribution in [0.3, 0.4) is 0 Å². The Bertz CT molecular complexity index is 946. The van der Waals surface area contributed by atoms with Crippen LogP contribution in [0.15, 0.2) is 54.6 Å². The summed E-state index contributed by atoms with van der Waals surface area (Å²) in [6.07, 6.45) is 1.47. The molecule has 0 spiro atoms.